The highest BCUT2D eigenvalue weighted by Crippen LogP contribution is 2.16. The molecule has 0 unspecified atom stereocenters. The smallest absolute Gasteiger partial charge is 0.252 e. The van der Waals surface area contributed by atoms with Crippen LogP contribution in [0, 0.1) is 2.88 Å². The van der Waals surface area contributed by atoms with Crippen LogP contribution in [0.1, 0.15) is 23.2 Å². The van der Waals surface area contributed by atoms with E-state index in [4.69, 9.17) is 0 Å². The number of piperidine rings is 1. The number of halogens is 1. The summed E-state index contributed by atoms with van der Waals surface area (Å²) in [4.78, 5) is 11.8. The maximum atomic E-state index is 11.8. The zero-order valence-electron chi connectivity index (χ0n) is 8.25. The highest BCUT2D eigenvalue weighted by atomic mass is 127. The van der Waals surface area contributed by atoms with Gasteiger partial charge in [0, 0.05) is 18.0 Å². The minimum atomic E-state index is 0.0582. The third-order valence-corrected chi connectivity index (χ3v) is 4.25. The van der Waals surface area contributed by atoms with Gasteiger partial charge in [-0.25, -0.2) is 0 Å². The van der Waals surface area contributed by atoms with Crippen LogP contribution >= 0.6 is 33.9 Å². The minimum Gasteiger partial charge on any atom is -0.348 e. The van der Waals surface area contributed by atoms with Crippen LogP contribution in [0.2, 0.25) is 0 Å². The molecule has 2 heterocycles. The minimum absolute atomic E-state index is 0.0582. The molecule has 1 aromatic rings. The fraction of sp³-hybridized carbons (Fsp3) is 0.500. The standard InChI is InChI=1S/C10H13IN2OS/c11-9-4-7(6-15-9)10(14)13-8-2-1-3-12-5-8/h4,6,8,12H,1-3,5H2,(H,13,14)/t8-/m0/s1. The van der Waals surface area contributed by atoms with E-state index in [9.17, 15) is 4.79 Å². The molecule has 0 radical (unpaired) electrons. The molecule has 15 heavy (non-hydrogen) atoms. The quantitative estimate of drug-likeness (QED) is 0.809. The lowest BCUT2D eigenvalue weighted by Crippen LogP contribution is -2.45. The second-order valence-corrected chi connectivity index (χ2v) is 6.46. The maximum Gasteiger partial charge on any atom is 0.252 e. The topological polar surface area (TPSA) is 41.1 Å². The van der Waals surface area contributed by atoms with Crippen LogP contribution in [-0.2, 0) is 0 Å². The molecule has 0 saturated carbocycles. The number of hydrogen-bond donors (Lipinski definition) is 2. The van der Waals surface area contributed by atoms with Gasteiger partial charge >= 0.3 is 0 Å². The Morgan fingerprint density at radius 3 is 3.13 bits per heavy atom. The van der Waals surface area contributed by atoms with Crippen molar-refractivity contribution in [3.8, 4) is 0 Å². The van der Waals surface area contributed by atoms with Gasteiger partial charge in [0.05, 0.1) is 8.45 Å². The van der Waals surface area contributed by atoms with E-state index < -0.39 is 0 Å². The molecule has 1 saturated heterocycles. The Morgan fingerprint density at radius 2 is 2.53 bits per heavy atom. The highest BCUT2D eigenvalue weighted by Gasteiger charge is 2.16. The highest BCUT2D eigenvalue weighted by molar-refractivity contribution is 14.1. The van der Waals surface area contributed by atoms with Gasteiger partial charge in [0.15, 0.2) is 0 Å². The Balaban J connectivity index is 1.91. The summed E-state index contributed by atoms with van der Waals surface area (Å²) in [6.07, 6.45) is 2.23. The predicted molar refractivity (Wildman–Crippen MR) is 70.4 cm³/mol. The van der Waals surface area contributed by atoms with Gasteiger partial charge in [-0.2, -0.15) is 0 Å². The first-order valence-electron chi connectivity index (χ1n) is 5.01. The van der Waals surface area contributed by atoms with Crippen LogP contribution in [0.3, 0.4) is 0 Å². The molecule has 1 atom stereocenters. The largest absolute Gasteiger partial charge is 0.348 e. The summed E-state index contributed by atoms with van der Waals surface area (Å²) in [6, 6.07) is 2.22. The van der Waals surface area contributed by atoms with Crippen LogP contribution in [0.5, 0.6) is 0 Å². The lowest BCUT2D eigenvalue weighted by Gasteiger charge is -2.23. The van der Waals surface area contributed by atoms with Crippen LogP contribution in [0.15, 0.2) is 11.4 Å². The SMILES string of the molecule is O=C(N[C@H]1CCCNC1)c1csc(I)c1. The molecule has 0 aliphatic carbocycles. The van der Waals surface area contributed by atoms with E-state index in [1.54, 1.807) is 11.3 Å². The summed E-state index contributed by atoms with van der Waals surface area (Å²) in [5, 5.41) is 8.24. The van der Waals surface area contributed by atoms with Crippen LogP contribution in [-0.4, -0.2) is 25.0 Å². The zero-order valence-corrected chi connectivity index (χ0v) is 11.2. The summed E-state index contributed by atoms with van der Waals surface area (Å²) in [5.41, 5.74) is 0.787. The number of carbonyl (C=O) groups is 1. The Morgan fingerprint density at radius 1 is 1.67 bits per heavy atom. The monoisotopic (exact) mass is 336 g/mol. The summed E-state index contributed by atoms with van der Waals surface area (Å²) >= 11 is 3.84. The molecule has 0 spiro atoms. The first-order valence-corrected chi connectivity index (χ1v) is 6.97. The van der Waals surface area contributed by atoms with Crippen LogP contribution in [0.25, 0.3) is 0 Å². The van der Waals surface area contributed by atoms with E-state index >= 15 is 0 Å². The van der Waals surface area contributed by atoms with Gasteiger partial charge in [-0.15, -0.1) is 11.3 Å². The molecular weight excluding hydrogens is 323 g/mol. The molecule has 0 aromatic carbocycles. The van der Waals surface area contributed by atoms with E-state index in [0.29, 0.717) is 6.04 Å². The van der Waals surface area contributed by atoms with Crippen molar-refractivity contribution in [3.05, 3.63) is 19.9 Å². The molecule has 3 nitrogen and oxygen atoms in total. The van der Waals surface area contributed by atoms with E-state index in [1.165, 1.54) is 0 Å². The van der Waals surface area contributed by atoms with Crippen molar-refractivity contribution in [1.29, 1.82) is 0 Å². The molecular formula is C10H13IN2OS. The van der Waals surface area contributed by atoms with Gasteiger partial charge < -0.3 is 10.6 Å². The lowest BCUT2D eigenvalue weighted by molar-refractivity contribution is 0.0931. The molecule has 1 aromatic heterocycles. The average Bonchev–Trinajstić information content (AvgIpc) is 2.66. The van der Waals surface area contributed by atoms with E-state index in [1.807, 2.05) is 11.4 Å². The number of carbonyl (C=O) groups excluding carboxylic acids is 1. The maximum absolute atomic E-state index is 11.8. The first kappa shape index (κ1) is 11.3. The Hall–Kier alpha value is -0.140. The van der Waals surface area contributed by atoms with Gasteiger partial charge in [-0.05, 0) is 48.0 Å². The second kappa shape index (κ2) is 5.27. The fourth-order valence-corrected chi connectivity index (χ4v) is 3.00. The average molecular weight is 336 g/mol. The predicted octanol–water partition coefficient (Wildman–Crippen LogP) is 1.83. The first-order chi connectivity index (χ1) is 7.25. The molecule has 1 fully saturated rings. The van der Waals surface area contributed by atoms with Crippen molar-refractivity contribution in [1.82, 2.24) is 10.6 Å². The lowest BCUT2D eigenvalue weighted by atomic mass is 10.1. The molecule has 1 amide bonds. The number of thiophene rings is 1. The van der Waals surface area contributed by atoms with Crippen molar-refractivity contribution in [2.24, 2.45) is 0 Å². The summed E-state index contributed by atoms with van der Waals surface area (Å²) in [7, 11) is 0. The van der Waals surface area contributed by atoms with Gasteiger partial charge in [-0.3, -0.25) is 4.79 Å². The van der Waals surface area contributed by atoms with Gasteiger partial charge in [0.2, 0.25) is 0 Å². The van der Waals surface area contributed by atoms with E-state index in [0.717, 1.165) is 34.4 Å². The summed E-state index contributed by atoms with van der Waals surface area (Å²) in [5.74, 6) is 0.0582. The Kier molecular flexibility index (Phi) is 3.99. The number of amides is 1. The van der Waals surface area contributed by atoms with Gasteiger partial charge in [-0.1, -0.05) is 0 Å². The zero-order chi connectivity index (χ0) is 10.7. The molecule has 5 heteroatoms. The van der Waals surface area contributed by atoms with E-state index in [-0.39, 0.29) is 5.91 Å². The number of nitrogens with one attached hydrogen (secondary N) is 2. The van der Waals surface area contributed by atoms with Gasteiger partial charge in [0.1, 0.15) is 0 Å². The van der Waals surface area contributed by atoms with Crippen molar-refractivity contribution < 1.29 is 4.79 Å². The van der Waals surface area contributed by atoms with Crippen molar-refractivity contribution in [2.75, 3.05) is 13.1 Å². The summed E-state index contributed by atoms with van der Waals surface area (Å²) in [6.45, 7) is 1.97. The van der Waals surface area contributed by atoms with Crippen LogP contribution < -0.4 is 10.6 Å². The third kappa shape index (κ3) is 3.15. The molecule has 0 bridgehead atoms. The number of hydrogen-bond acceptors (Lipinski definition) is 3. The Bertz CT molecular complexity index is 347. The van der Waals surface area contributed by atoms with Crippen molar-refractivity contribution >= 4 is 39.8 Å². The van der Waals surface area contributed by atoms with Crippen molar-refractivity contribution in [2.45, 2.75) is 18.9 Å². The van der Waals surface area contributed by atoms with E-state index in [2.05, 4.69) is 33.2 Å². The molecule has 82 valence electrons. The molecule has 1 aliphatic rings. The third-order valence-electron chi connectivity index (χ3n) is 2.46. The van der Waals surface area contributed by atoms with Gasteiger partial charge in [0.25, 0.3) is 5.91 Å². The summed E-state index contributed by atoms with van der Waals surface area (Å²) < 4.78 is 1.15. The fourth-order valence-electron chi connectivity index (χ4n) is 1.67. The van der Waals surface area contributed by atoms with Crippen LogP contribution in [0.4, 0.5) is 0 Å². The molecule has 2 rings (SSSR count). The van der Waals surface area contributed by atoms with Crippen molar-refractivity contribution in [3.63, 3.8) is 0 Å². The normalized spacial score (nSPS) is 21.3. The molecule has 1 aliphatic heterocycles. The molecule has 2 N–H and O–H groups in total. The number of rotatable bonds is 2. The Labute approximate surface area is 107 Å². The second-order valence-electron chi connectivity index (χ2n) is 3.66.